The Morgan fingerprint density at radius 3 is 2.71 bits per heavy atom. The van der Waals surface area contributed by atoms with Crippen molar-refractivity contribution in [1.29, 1.82) is 0 Å². The molecular weight excluding hydrogens is 454 g/mol. The van der Waals surface area contributed by atoms with Crippen molar-refractivity contribution >= 4 is 29.1 Å². The molecule has 1 saturated heterocycles. The largest absolute Gasteiger partial charge is 0.507 e. The number of Topliss-reactive ketones (excluding diaryl/α,β-unsaturated/α-hetero) is 1. The fraction of sp³-hybridized carbons (Fsp3) is 0.269. The molecule has 7 nitrogen and oxygen atoms in total. The van der Waals surface area contributed by atoms with Gasteiger partial charge in [-0.05, 0) is 54.8 Å². The van der Waals surface area contributed by atoms with Gasteiger partial charge in [0.25, 0.3) is 11.7 Å². The maximum atomic E-state index is 13.2. The van der Waals surface area contributed by atoms with Crippen molar-refractivity contribution in [1.82, 2.24) is 14.5 Å². The Morgan fingerprint density at radius 2 is 1.97 bits per heavy atom. The van der Waals surface area contributed by atoms with Crippen molar-refractivity contribution in [3.8, 4) is 5.75 Å². The van der Waals surface area contributed by atoms with Crippen LogP contribution in [0.25, 0.3) is 5.76 Å². The number of nitrogens with zero attached hydrogens (tertiary/aromatic N) is 3. The molecule has 0 spiro atoms. The van der Waals surface area contributed by atoms with Crippen LogP contribution >= 0.6 is 11.6 Å². The molecule has 2 aliphatic rings. The predicted molar refractivity (Wildman–Crippen MR) is 128 cm³/mol. The van der Waals surface area contributed by atoms with Crippen molar-refractivity contribution in [2.45, 2.75) is 38.5 Å². The lowest BCUT2D eigenvalue weighted by atomic mass is 9.94. The minimum atomic E-state index is -0.705. The van der Waals surface area contributed by atoms with Gasteiger partial charge < -0.3 is 19.3 Å². The monoisotopic (exact) mass is 477 g/mol. The van der Waals surface area contributed by atoms with Crippen LogP contribution in [0.1, 0.15) is 36.1 Å². The van der Waals surface area contributed by atoms with Gasteiger partial charge in [-0.3, -0.25) is 9.59 Å². The molecule has 2 aromatic carbocycles. The summed E-state index contributed by atoms with van der Waals surface area (Å²) in [7, 11) is 0. The number of likely N-dealkylation sites (tertiary alicyclic amines) is 1. The smallest absolute Gasteiger partial charge is 0.295 e. The molecule has 1 N–H and O–H groups in total. The number of benzene rings is 2. The standard InChI is InChI=1S/C26H24ClN3O4/c1-16-13-19-14-18(5-8-21(19)34-16)24(31)22-23(17-3-6-20(27)7-4-17)30(26(33)25(22)32)11-2-10-29-12-9-28-15-29/h3-9,12,14-16,23,31H,2,10-11,13H2,1H3/b24-22+/t16-,23-/m0/s1. The van der Waals surface area contributed by atoms with E-state index in [-0.39, 0.29) is 17.4 Å². The van der Waals surface area contributed by atoms with E-state index in [0.29, 0.717) is 35.7 Å². The molecule has 1 aromatic heterocycles. The van der Waals surface area contributed by atoms with Crippen LogP contribution in [0.4, 0.5) is 0 Å². The van der Waals surface area contributed by atoms with E-state index in [0.717, 1.165) is 17.7 Å². The first-order chi connectivity index (χ1) is 16.4. The quantitative estimate of drug-likeness (QED) is 0.324. The van der Waals surface area contributed by atoms with Gasteiger partial charge in [-0.25, -0.2) is 4.98 Å². The Bertz CT molecular complexity index is 1270. The molecule has 8 heteroatoms. The second kappa shape index (κ2) is 8.99. The van der Waals surface area contributed by atoms with Crippen LogP contribution in [0, 0.1) is 0 Å². The number of ketones is 1. The Kier molecular flexibility index (Phi) is 5.87. The van der Waals surface area contributed by atoms with Crippen LogP contribution in [0.3, 0.4) is 0 Å². The van der Waals surface area contributed by atoms with Crippen molar-refractivity contribution in [3.05, 3.63) is 88.5 Å². The number of halogens is 1. The van der Waals surface area contributed by atoms with Crippen molar-refractivity contribution in [2.24, 2.45) is 0 Å². The van der Waals surface area contributed by atoms with E-state index < -0.39 is 17.7 Å². The first kappa shape index (κ1) is 22.2. The molecule has 0 radical (unpaired) electrons. The van der Waals surface area contributed by atoms with E-state index in [2.05, 4.69) is 4.98 Å². The zero-order chi connectivity index (χ0) is 23.8. The van der Waals surface area contributed by atoms with Gasteiger partial charge in [-0.1, -0.05) is 23.7 Å². The maximum Gasteiger partial charge on any atom is 0.295 e. The molecule has 0 saturated carbocycles. The van der Waals surface area contributed by atoms with Gasteiger partial charge in [-0.2, -0.15) is 0 Å². The number of hydrogen-bond acceptors (Lipinski definition) is 5. The molecule has 174 valence electrons. The Labute approximate surface area is 202 Å². The van der Waals surface area contributed by atoms with Crippen LogP contribution in [0.2, 0.25) is 5.02 Å². The van der Waals surface area contributed by atoms with Crippen molar-refractivity contribution in [2.75, 3.05) is 6.54 Å². The number of aromatic nitrogens is 2. The molecule has 0 aliphatic carbocycles. The van der Waals surface area contributed by atoms with Crippen LogP contribution < -0.4 is 4.74 Å². The second-order valence-electron chi connectivity index (χ2n) is 8.65. The summed E-state index contributed by atoms with van der Waals surface area (Å²) in [6.07, 6.45) is 6.67. The van der Waals surface area contributed by atoms with E-state index in [9.17, 15) is 14.7 Å². The second-order valence-corrected chi connectivity index (χ2v) is 9.09. The lowest BCUT2D eigenvalue weighted by molar-refractivity contribution is -0.139. The number of aryl methyl sites for hydroxylation is 1. The van der Waals surface area contributed by atoms with Crippen molar-refractivity contribution < 1.29 is 19.4 Å². The Morgan fingerprint density at radius 1 is 1.18 bits per heavy atom. The topological polar surface area (TPSA) is 84.7 Å². The zero-order valence-electron chi connectivity index (χ0n) is 18.6. The fourth-order valence-corrected chi connectivity index (χ4v) is 4.80. The third-order valence-corrected chi connectivity index (χ3v) is 6.52. The lowest BCUT2D eigenvalue weighted by Gasteiger charge is -2.25. The Hall–Kier alpha value is -3.58. The molecular formula is C26H24ClN3O4. The molecule has 2 atom stereocenters. The van der Waals surface area contributed by atoms with Gasteiger partial charge in [0, 0.05) is 42.5 Å². The summed E-state index contributed by atoms with van der Waals surface area (Å²) >= 11 is 6.08. The van der Waals surface area contributed by atoms with Gasteiger partial charge in [-0.15, -0.1) is 0 Å². The van der Waals surface area contributed by atoms with Crippen molar-refractivity contribution in [3.63, 3.8) is 0 Å². The normalized spacial score (nSPS) is 21.1. The van der Waals surface area contributed by atoms with E-state index in [1.807, 2.05) is 23.8 Å². The summed E-state index contributed by atoms with van der Waals surface area (Å²) in [4.78, 5) is 31.8. The first-order valence-corrected chi connectivity index (χ1v) is 11.6. The molecule has 2 aliphatic heterocycles. The van der Waals surface area contributed by atoms with E-state index >= 15 is 0 Å². The number of ether oxygens (including phenoxy) is 1. The van der Waals surface area contributed by atoms with Gasteiger partial charge in [0.1, 0.15) is 17.6 Å². The number of carbonyl (C=O) groups excluding carboxylic acids is 2. The molecule has 34 heavy (non-hydrogen) atoms. The fourth-order valence-electron chi connectivity index (χ4n) is 4.67. The van der Waals surface area contributed by atoms with E-state index in [1.165, 1.54) is 4.90 Å². The molecule has 3 aromatic rings. The summed E-state index contributed by atoms with van der Waals surface area (Å²) in [5.74, 6) is -0.716. The van der Waals surface area contributed by atoms with E-state index in [4.69, 9.17) is 16.3 Å². The molecule has 1 fully saturated rings. The Balaban J connectivity index is 1.52. The predicted octanol–water partition coefficient (Wildman–Crippen LogP) is 4.37. The minimum Gasteiger partial charge on any atom is -0.507 e. The maximum absolute atomic E-state index is 13.2. The summed E-state index contributed by atoms with van der Waals surface area (Å²) in [5.41, 5.74) is 2.26. The number of amides is 1. The average Bonchev–Trinajstić information content (AvgIpc) is 3.53. The highest BCUT2D eigenvalue weighted by Crippen LogP contribution is 2.41. The van der Waals surface area contributed by atoms with Crippen LogP contribution in [0.15, 0.2) is 66.8 Å². The minimum absolute atomic E-state index is 0.0579. The summed E-state index contributed by atoms with van der Waals surface area (Å²) in [6, 6.07) is 11.7. The van der Waals surface area contributed by atoms with Gasteiger partial charge >= 0.3 is 0 Å². The van der Waals surface area contributed by atoms with Gasteiger partial charge in [0.05, 0.1) is 17.9 Å². The molecule has 3 heterocycles. The van der Waals surface area contributed by atoms with E-state index in [1.54, 1.807) is 48.9 Å². The summed E-state index contributed by atoms with van der Waals surface area (Å²) in [6.45, 7) is 2.98. The highest BCUT2D eigenvalue weighted by molar-refractivity contribution is 6.46. The van der Waals surface area contributed by atoms with Crippen LogP contribution in [-0.4, -0.2) is 43.9 Å². The number of aliphatic hydroxyl groups is 1. The number of imidazole rings is 1. The van der Waals surface area contributed by atoms with Crippen LogP contribution in [0.5, 0.6) is 5.75 Å². The number of carbonyl (C=O) groups is 2. The molecule has 5 rings (SSSR count). The SMILES string of the molecule is C[C@H]1Cc2cc(/C(O)=C3\C(=O)C(=O)N(CCCn4ccnc4)[C@H]3c3ccc(Cl)cc3)ccc2O1. The number of aliphatic hydroxyl groups excluding tert-OH is 1. The zero-order valence-corrected chi connectivity index (χ0v) is 19.4. The summed E-state index contributed by atoms with van der Waals surface area (Å²) < 4.78 is 7.67. The lowest BCUT2D eigenvalue weighted by Crippen LogP contribution is -2.31. The number of fused-ring (bicyclic) bond motifs is 1. The third kappa shape index (κ3) is 4.07. The highest BCUT2D eigenvalue weighted by atomic mass is 35.5. The number of hydrogen-bond donors (Lipinski definition) is 1. The molecule has 0 bridgehead atoms. The molecule has 1 amide bonds. The van der Waals surface area contributed by atoms with Gasteiger partial charge in [0.15, 0.2) is 0 Å². The van der Waals surface area contributed by atoms with Gasteiger partial charge in [0.2, 0.25) is 0 Å². The molecule has 0 unspecified atom stereocenters. The third-order valence-electron chi connectivity index (χ3n) is 6.27. The average molecular weight is 478 g/mol. The number of rotatable bonds is 6. The van der Waals surface area contributed by atoms with Crippen LogP contribution in [-0.2, 0) is 22.6 Å². The summed E-state index contributed by atoms with van der Waals surface area (Å²) in [5, 5.41) is 11.8. The highest BCUT2D eigenvalue weighted by Gasteiger charge is 2.45. The first-order valence-electron chi connectivity index (χ1n) is 11.2.